The Morgan fingerprint density at radius 2 is 1.71 bits per heavy atom. The van der Waals surface area contributed by atoms with Gasteiger partial charge in [0.25, 0.3) is 0 Å². The minimum atomic E-state index is 0.565. The predicted molar refractivity (Wildman–Crippen MR) is 61.7 cm³/mol. The summed E-state index contributed by atoms with van der Waals surface area (Å²) in [5.74, 6) is 0.654. The molecule has 1 aromatic carbocycles. The highest BCUT2D eigenvalue weighted by atomic mass is 14.5. The summed E-state index contributed by atoms with van der Waals surface area (Å²) in [5.41, 5.74) is 3.58. The minimum absolute atomic E-state index is 0.565. The average Bonchev–Trinajstić information content (AvgIpc) is 2.99. The van der Waals surface area contributed by atoms with Crippen LogP contribution in [0.25, 0.3) is 0 Å². The van der Waals surface area contributed by atoms with E-state index in [1.807, 2.05) is 0 Å². The maximum Gasteiger partial charge on any atom is -0.00489 e. The van der Waals surface area contributed by atoms with E-state index in [2.05, 4.69) is 45.0 Å². The van der Waals surface area contributed by atoms with Crippen LogP contribution in [0, 0.1) is 0 Å². The molecule has 0 aliphatic heterocycles. The molecule has 0 aromatic heterocycles. The van der Waals surface area contributed by atoms with Gasteiger partial charge in [0, 0.05) is 0 Å². The summed E-state index contributed by atoms with van der Waals surface area (Å²) in [6.45, 7) is 6.81. The van der Waals surface area contributed by atoms with Gasteiger partial charge in [0.1, 0.15) is 0 Å². The van der Waals surface area contributed by atoms with Gasteiger partial charge < -0.3 is 0 Å². The molecule has 0 N–H and O–H groups in total. The van der Waals surface area contributed by atoms with E-state index in [0.717, 1.165) is 0 Å². The maximum atomic E-state index is 2.34. The standard InChI is InChI=1S/C14H20/c1-4-14(9-10-14)13-7-5-12(6-8-13)11(2)3/h5-8,11H,4,9-10H2,1-3H3. The number of rotatable bonds is 3. The molecule has 1 fully saturated rings. The van der Waals surface area contributed by atoms with Crippen molar-refractivity contribution in [2.24, 2.45) is 0 Å². The van der Waals surface area contributed by atoms with Crippen molar-refractivity contribution in [1.29, 1.82) is 0 Å². The summed E-state index contributed by atoms with van der Waals surface area (Å²) in [6, 6.07) is 9.28. The molecule has 14 heavy (non-hydrogen) atoms. The highest BCUT2D eigenvalue weighted by Crippen LogP contribution is 2.50. The topological polar surface area (TPSA) is 0 Å². The molecule has 1 aliphatic rings. The summed E-state index contributed by atoms with van der Waals surface area (Å²) in [7, 11) is 0. The molecule has 0 amide bonds. The van der Waals surface area contributed by atoms with Crippen LogP contribution in [0.4, 0.5) is 0 Å². The van der Waals surface area contributed by atoms with Crippen LogP contribution in [0.1, 0.15) is 57.1 Å². The zero-order valence-electron chi connectivity index (χ0n) is 9.51. The average molecular weight is 188 g/mol. The first-order chi connectivity index (χ1) is 6.68. The first-order valence-electron chi connectivity index (χ1n) is 5.78. The Kier molecular flexibility index (Phi) is 2.38. The van der Waals surface area contributed by atoms with E-state index in [4.69, 9.17) is 0 Å². The molecule has 1 saturated carbocycles. The lowest BCUT2D eigenvalue weighted by Gasteiger charge is -2.14. The van der Waals surface area contributed by atoms with E-state index < -0.39 is 0 Å². The van der Waals surface area contributed by atoms with Gasteiger partial charge in [0.05, 0.1) is 0 Å². The molecule has 1 aliphatic carbocycles. The SMILES string of the molecule is CCC1(c2ccc(C(C)C)cc2)CC1. The molecule has 1 aromatic rings. The molecule has 0 unspecified atom stereocenters. The van der Waals surface area contributed by atoms with Crippen molar-refractivity contribution in [2.45, 2.75) is 51.4 Å². The Hall–Kier alpha value is -0.780. The Bertz CT molecular complexity index is 301. The molecule has 0 radical (unpaired) electrons. The van der Waals surface area contributed by atoms with Crippen LogP contribution in [0.3, 0.4) is 0 Å². The molecule has 0 heterocycles. The summed E-state index contributed by atoms with van der Waals surface area (Å²) >= 11 is 0. The first-order valence-corrected chi connectivity index (χ1v) is 5.78. The molecule has 0 atom stereocenters. The van der Waals surface area contributed by atoms with Crippen molar-refractivity contribution in [2.75, 3.05) is 0 Å². The highest BCUT2D eigenvalue weighted by molar-refractivity contribution is 5.34. The Morgan fingerprint density at radius 3 is 2.07 bits per heavy atom. The van der Waals surface area contributed by atoms with Crippen molar-refractivity contribution in [3.05, 3.63) is 35.4 Å². The van der Waals surface area contributed by atoms with E-state index in [1.54, 1.807) is 5.56 Å². The third kappa shape index (κ3) is 1.58. The third-order valence-corrected chi connectivity index (χ3v) is 3.72. The van der Waals surface area contributed by atoms with Crippen LogP contribution in [-0.4, -0.2) is 0 Å². The lowest BCUT2D eigenvalue weighted by atomic mass is 9.91. The van der Waals surface area contributed by atoms with Gasteiger partial charge in [0.15, 0.2) is 0 Å². The minimum Gasteiger partial charge on any atom is -0.0645 e. The zero-order valence-corrected chi connectivity index (χ0v) is 9.51. The number of hydrogen-bond acceptors (Lipinski definition) is 0. The molecule has 2 rings (SSSR count). The van der Waals surface area contributed by atoms with Crippen molar-refractivity contribution in [3.8, 4) is 0 Å². The molecule has 0 spiro atoms. The fraction of sp³-hybridized carbons (Fsp3) is 0.571. The number of hydrogen-bond donors (Lipinski definition) is 0. The molecule has 0 nitrogen and oxygen atoms in total. The van der Waals surface area contributed by atoms with Crippen LogP contribution in [-0.2, 0) is 5.41 Å². The van der Waals surface area contributed by atoms with E-state index in [1.165, 1.54) is 24.8 Å². The molecule has 0 bridgehead atoms. The molecule has 76 valence electrons. The zero-order chi connectivity index (χ0) is 10.2. The number of benzene rings is 1. The highest BCUT2D eigenvalue weighted by Gasteiger charge is 2.41. The van der Waals surface area contributed by atoms with Gasteiger partial charge in [0.2, 0.25) is 0 Å². The summed E-state index contributed by atoms with van der Waals surface area (Å²) < 4.78 is 0. The summed E-state index contributed by atoms with van der Waals surface area (Å²) in [6.07, 6.45) is 4.09. The van der Waals surface area contributed by atoms with Gasteiger partial charge in [-0.05, 0) is 41.7 Å². The normalized spacial score (nSPS) is 18.6. The second-order valence-corrected chi connectivity index (χ2v) is 4.91. The van der Waals surface area contributed by atoms with Crippen LogP contribution in [0.15, 0.2) is 24.3 Å². The lowest BCUT2D eigenvalue weighted by Crippen LogP contribution is -2.04. The van der Waals surface area contributed by atoms with Gasteiger partial charge in [-0.1, -0.05) is 45.0 Å². The van der Waals surface area contributed by atoms with Gasteiger partial charge >= 0.3 is 0 Å². The van der Waals surface area contributed by atoms with Gasteiger partial charge in [-0.15, -0.1) is 0 Å². The monoisotopic (exact) mass is 188 g/mol. The van der Waals surface area contributed by atoms with Crippen LogP contribution in [0.2, 0.25) is 0 Å². The van der Waals surface area contributed by atoms with Crippen molar-refractivity contribution < 1.29 is 0 Å². The van der Waals surface area contributed by atoms with E-state index >= 15 is 0 Å². The Labute approximate surface area is 87.3 Å². The van der Waals surface area contributed by atoms with Gasteiger partial charge in [-0.3, -0.25) is 0 Å². The van der Waals surface area contributed by atoms with Crippen molar-refractivity contribution >= 4 is 0 Å². The predicted octanol–water partition coefficient (Wildman–Crippen LogP) is 4.25. The maximum absolute atomic E-state index is 2.34. The smallest absolute Gasteiger partial charge is 0.00489 e. The second kappa shape index (κ2) is 3.42. The van der Waals surface area contributed by atoms with Crippen LogP contribution in [0.5, 0.6) is 0 Å². The van der Waals surface area contributed by atoms with Gasteiger partial charge in [-0.2, -0.15) is 0 Å². The first kappa shape index (κ1) is 9.76. The molecule has 0 saturated heterocycles. The lowest BCUT2D eigenvalue weighted by molar-refractivity contribution is 0.663. The largest absolute Gasteiger partial charge is 0.0645 e. The summed E-state index contributed by atoms with van der Waals surface area (Å²) in [4.78, 5) is 0. The fourth-order valence-electron chi connectivity index (χ4n) is 2.22. The summed E-state index contributed by atoms with van der Waals surface area (Å²) in [5, 5.41) is 0. The van der Waals surface area contributed by atoms with Crippen LogP contribution < -0.4 is 0 Å². The van der Waals surface area contributed by atoms with Crippen molar-refractivity contribution in [1.82, 2.24) is 0 Å². The Balaban J connectivity index is 2.22. The van der Waals surface area contributed by atoms with E-state index in [0.29, 0.717) is 11.3 Å². The molecular weight excluding hydrogens is 168 g/mol. The quantitative estimate of drug-likeness (QED) is 0.665. The third-order valence-electron chi connectivity index (χ3n) is 3.72. The van der Waals surface area contributed by atoms with Crippen LogP contribution >= 0.6 is 0 Å². The Morgan fingerprint density at radius 1 is 1.14 bits per heavy atom. The molecular formula is C14H20. The van der Waals surface area contributed by atoms with Crippen molar-refractivity contribution in [3.63, 3.8) is 0 Å². The molecule has 0 heteroatoms. The second-order valence-electron chi connectivity index (χ2n) is 4.91. The van der Waals surface area contributed by atoms with E-state index in [-0.39, 0.29) is 0 Å². The fourth-order valence-corrected chi connectivity index (χ4v) is 2.22. The van der Waals surface area contributed by atoms with Gasteiger partial charge in [-0.25, -0.2) is 0 Å². The van der Waals surface area contributed by atoms with E-state index in [9.17, 15) is 0 Å².